The second kappa shape index (κ2) is 4.11. The van der Waals surface area contributed by atoms with E-state index in [1.165, 1.54) is 6.33 Å². The molecule has 0 saturated carbocycles. The van der Waals surface area contributed by atoms with E-state index in [2.05, 4.69) is 27.1 Å². The first-order valence-corrected chi connectivity index (χ1v) is 5.13. The molecule has 0 atom stereocenters. The van der Waals surface area contributed by atoms with Crippen LogP contribution in [0.1, 0.15) is 6.92 Å². The van der Waals surface area contributed by atoms with Crippen molar-refractivity contribution >= 4 is 17.4 Å². The van der Waals surface area contributed by atoms with Gasteiger partial charge in [0.05, 0.1) is 12.2 Å². The van der Waals surface area contributed by atoms with E-state index >= 15 is 0 Å². The van der Waals surface area contributed by atoms with Crippen LogP contribution in [0.3, 0.4) is 0 Å². The van der Waals surface area contributed by atoms with Gasteiger partial charge in [0, 0.05) is 19.6 Å². The first-order valence-electron chi connectivity index (χ1n) is 4.75. The molecule has 1 aliphatic heterocycles. The van der Waals surface area contributed by atoms with Gasteiger partial charge in [-0.3, -0.25) is 0 Å². The Kier molecular flexibility index (Phi) is 2.84. The number of halogens is 1. The molecule has 1 N–H and O–H groups in total. The van der Waals surface area contributed by atoms with E-state index in [1.807, 2.05) is 0 Å². The second-order valence-electron chi connectivity index (χ2n) is 3.29. The topological polar surface area (TPSA) is 41.1 Å². The van der Waals surface area contributed by atoms with Crippen molar-refractivity contribution in [2.24, 2.45) is 0 Å². The van der Waals surface area contributed by atoms with Crippen LogP contribution in [0.15, 0.2) is 12.5 Å². The lowest BCUT2D eigenvalue weighted by Gasteiger charge is -2.38. The zero-order valence-electron chi connectivity index (χ0n) is 8.07. The maximum absolute atomic E-state index is 6.04. The molecule has 0 unspecified atom stereocenters. The molecule has 0 aromatic carbocycles. The van der Waals surface area contributed by atoms with E-state index in [0.29, 0.717) is 11.1 Å². The van der Waals surface area contributed by atoms with Crippen molar-refractivity contribution in [3.05, 3.63) is 17.5 Å². The number of anilines is 1. The van der Waals surface area contributed by atoms with Crippen LogP contribution < -0.4 is 10.2 Å². The third-order valence-electron chi connectivity index (χ3n) is 2.46. The van der Waals surface area contributed by atoms with Crippen molar-refractivity contribution in [3.8, 4) is 0 Å². The van der Waals surface area contributed by atoms with Gasteiger partial charge in [0.15, 0.2) is 5.82 Å². The van der Waals surface area contributed by atoms with Gasteiger partial charge in [-0.1, -0.05) is 11.6 Å². The Hall–Kier alpha value is -0.870. The van der Waals surface area contributed by atoms with E-state index in [1.54, 1.807) is 6.20 Å². The standard InChI is InChI=1S/C9H13ClN4/c1-2-14(7-3-11-4-7)9-8(10)5-12-6-13-9/h5-7,11H,2-4H2,1H3. The first kappa shape index (κ1) is 9.68. The summed E-state index contributed by atoms with van der Waals surface area (Å²) in [6.07, 6.45) is 3.18. The summed E-state index contributed by atoms with van der Waals surface area (Å²) in [6, 6.07) is 0.521. The van der Waals surface area contributed by atoms with Gasteiger partial charge in [0.1, 0.15) is 11.3 Å². The monoisotopic (exact) mass is 212 g/mol. The molecule has 5 heteroatoms. The smallest absolute Gasteiger partial charge is 0.151 e. The van der Waals surface area contributed by atoms with Crippen LogP contribution in [0.25, 0.3) is 0 Å². The Bertz CT molecular complexity index is 313. The molecule has 0 bridgehead atoms. The van der Waals surface area contributed by atoms with Crippen LogP contribution >= 0.6 is 11.6 Å². The van der Waals surface area contributed by atoms with Crippen molar-refractivity contribution in [2.75, 3.05) is 24.5 Å². The highest BCUT2D eigenvalue weighted by atomic mass is 35.5. The predicted octanol–water partition coefficient (Wildman–Crippen LogP) is 0.928. The molecule has 1 aromatic heterocycles. The summed E-state index contributed by atoms with van der Waals surface area (Å²) in [5.74, 6) is 0.843. The Balaban J connectivity index is 2.22. The van der Waals surface area contributed by atoms with Crippen molar-refractivity contribution in [3.63, 3.8) is 0 Å². The third kappa shape index (κ3) is 1.67. The van der Waals surface area contributed by atoms with E-state index in [4.69, 9.17) is 11.6 Å². The zero-order chi connectivity index (χ0) is 9.97. The summed E-state index contributed by atoms with van der Waals surface area (Å²) in [6.45, 7) is 5.04. The molecule has 0 spiro atoms. The van der Waals surface area contributed by atoms with Crippen molar-refractivity contribution in [1.82, 2.24) is 15.3 Å². The molecule has 0 amide bonds. The lowest BCUT2D eigenvalue weighted by Crippen LogP contribution is -2.57. The number of aromatic nitrogens is 2. The van der Waals surface area contributed by atoms with Crippen LogP contribution in [0, 0.1) is 0 Å². The van der Waals surface area contributed by atoms with Gasteiger partial charge in [-0.25, -0.2) is 9.97 Å². The number of rotatable bonds is 3. The molecular weight excluding hydrogens is 200 g/mol. The molecule has 1 fully saturated rings. The minimum Gasteiger partial charge on any atom is -0.350 e. The molecule has 1 saturated heterocycles. The van der Waals surface area contributed by atoms with Gasteiger partial charge in [0.2, 0.25) is 0 Å². The zero-order valence-corrected chi connectivity index (χ0v) is 8.83. The molecule has 1 aliphatic rings. The van der Waals surface area contributed by atoms with Crippen LogP contribution in [0.4, 0.5) is 5.82 Å². The van der Waals surface area contributed by atoms with E-state index in [0.717, 1.165) is 25.5 Å². The normalized spacial score (nSPS) is 16.4. The maximum atomic E-state index is 6.04. The van der Waals surface area contributed by atoms with Gasteiger partial charge in [0.25, 0.3) is 0 Å². The number of nitrogens with zero attached hydrogens (tertiary/aromatic N) is 3. The molecule has 2 rings (SSSR count). The Morgan fingerprint density at radius 1 is 1.64 bits per heavy atom. The van der Waals surface area contributed by atoms with Crippen molar-refractivity contribution < 1.29 is 0 Å². The Morgan fingerprint density at radius 3 is 2.93 bits per heavy atom. The summed E-state index contributed by atoms with van der Waals surface area (Å²) in [4.78, 5) is 10.3. The fourth-order valence-electron chi connectivity index (χ4n) is 1.59. The summed E-state index contributed by atoms with van der Waals surface area (Å²) in [7, 11) is 0. The lowest BCUT2D eigenvalue weighted by atomic mass is 10.1. The van der Waals surface area contributed by atoms with Crippen LogP contribution in [-0.2, 0) is 0 Å². The summed E-state index contributed by atoms with van der Waals surface area (Å²) < 4.78 is 0. The highest BCUT2D eigenvalue weighted by Crippen LogP contribution is 2.23. The summed E-state index contributed by atoms with van der Waals surface area (Å²) in [5.41, 5.74) is 0. The minimum atomic E-state index is 0.521. The van der Waals surface area contributed by atoms with Crippen LogP contribution in [0.5, 0.6) is 0 Å². The van der Waals surface area contributed by atoms with Crippen molar-refractivity contribution in [1.29, 1.82) is 0 Å². The molecule has 14 heavy (non-hydrogen) atoms. The average Bonchev–Trinajstić information content (AvgIpc) is 2.12. The molecule has 1 aromatic rings. The average molecular weight is 213 g/mol. The number of nitrogens with one attached hydrogen (secondary N) is 1. The molecule has 0 aliphatic carbocycles. The number of likely N-dealkylation sites (N-methyl/N-ethyl adjacent to an activating group) is 1. The molecular formula is C9H13ClN4. The lowest BCUT2D eigenvalue weighted by molar-refractivity contribution is 0.415. The fraction of sp³-hybridized carbons (Fsp3) is 0.556. The largest absolute Gasteiger partial charge is 0.350 e. The number of hydrogen-bond acceptors (Lipinski definition) is 4. The van der Waals surface area contributed by atoms with Gasteiger partial charge >= 0.3 is 0 Å². The van der Waals surface area contributed by atoms with E-state index < -0.39 is 0 Å². The molecule has 0 radical (unpaired) electrons. The maximum Gasteiger partial charge on any atom is 0.151 e. The second-order valence-corrected chi connectivity index (χ2v) is 3.70. The van der Waals surface area contributed by atoms with E-state index in [-0.39, 0.29) is 0 Å². The predicted molar refractivity (Wildman–Crippen MR) is 56.7 cm³/mol. The van der Waals surface area contributed by atoms with Gasteiger partial charge in [-0.05, 0) is 6.92 Å². The van der Waals surface area contributed by atoms with Crippen molar-refractivity contribution in [2.45, 2.75) is 13.0 Å². The van der Waals surface area contributed by atoms with Crippen LogP contribution in [0.2, 0.25) is 5.02 Å². The SMILES string of the molecule is CCN(c1ncncc1Cl)C1CNC1. The first-order chi connectivity index (χ1) is 6.83. The number of hydrogen-bond donors (Lipinski definition) is 1. The molecule has 2 heterocycles. The van der Waals surface area contributed by atoms with Crippen LogP contribution in [-0.4, -0.2) is 35.6 Å². The third-order valence-corrected chi connectivity index (χ3v) is 2.73. The van der Waals surface area contributed by atoms with Gasteiger partial charge < -0.3 is 10.2 Å². The van der Waals surface area contributed by atoms with Gasteiger partial charge in [-0.15, -0.1) is 0 Å². The molecule has 4 nitrogen and oxygen atoms in total. The Morgan fingerprint density at radius 2 is 2.43 bits per heavy atom. The summed E-state index contributed by atoms with van der Waals surface area (Å²) in [5, 5.41) is 3.86. The van der Waals surface area contributed by atoms with E-state index in [9.17, 15) is 0 Å². The molecule has 76 valence electrons. The van der Waals surface area contributed by atoms with Gasteiger partial charge in [-0.2, -0.15) is 0 Å². The highest BCUT2D eigenvalue weighted by Gasteiger charge is 2.25. The highest BCUT2D eigenvalue weighted by molar-refractivity contribution is 6.32. The quantitative estimate of drug-likeness (QED) is 0.810. The minimum absolute atomic E-state index is 0.521. The fourth-order valence-corrected chi connectivity index (χ4v) is 1.81. The summed E-state index contributed by atoms with van der Waals surface area (Å²) >= 11 is 6.04. The Labute approximate surface area is 88.3 Å².